The van der Waals surface area contributed by atoms with Gasteiger partial charge in [-0.3, -0.25) is 9.59 Å². The quantitative estimate of drug-likeness (QED) is 0.165. The van der Waals surface area contributed by atoms with Crippen LogP contribution >= 0.6 is 23.2 Å². The van der Waals surface area contributed by atoms with Crippen LogP contribution < -0.4 is 5.32 Å². The molecule has 0 fully saturated rings. The van der Waals surface area contributed by atoms with Crippen LogP contribution in [0.2, 0.25) is 10.0 Å². The molecule has 0 atom stereocenters. The van der Waals surface area contributed by atoms with E-state index in [0.717, 1.165) is 39.1 Å². The van der Waals surface area contributed by atoms with Crippen molar-refractivity contribution in [3.8, 4) is 11.3 Å². The Bertz CT molecular complexity index is 1910. The number of hydrogen-bond acceptors (Lipinski definition) is 8. The third-order valence-electron chi connectivity index (χ3n) is 6.18. The van der Waals surface area contributed by atoms with E-state index >= 15 is 0 Å². The summed E-state index contributed by atoms with van der Waals surface area (Å²) < 4.78 is 0. The smallest absolute Gasteiger partial charge is 0.229 e. The molecule has 0 bridgehead atoms. The van der Waals surface area contributed by atoms with Crippen molar-refractivity contribution in [2.24, 2.45) is 0 Å². The number of para-hydroxylation sites is 1. The maximum Gasteiger partial charge on any atom is 0.229 e. The van der Waals surface area contributed by atoms with Crippen LogP contribution in [-0.4, -0.2) is 41.5 Å². The zero-order chi connectivity index (χ0) is 28.9. The molecule has 0 saturated carbocycles. The molecule has 6 rings (SSSR count). The van der Waals surface area contributed by atoms with Crippen molar-refractivity contribution in [1.82, 2.24) is 29.9 Å². The molecule has 41 heavy (non-hydrogen) atoms. The Hall–Kier alpha value is -4.73. The monoisotopic (exact) mass is 583 g/mol. The molecule has 0 aliphatic rings. The zero-order valence-corrected chi connectivity index (χ0v) is 23.5. The fraction of sp³-hybridized carbons (Fsp3) is 0.100. The van der Waals surface area contributed by atoms with E-state index in [-0.39, 0.29) is 5.56 Å². The second-order valence-electron chi connectivity index (χ2n) is 8.98. The molecule has 3 aromatic heterocycles. The van der Waals surface area contributed by atoms with Crippen molar-refractivity contribution in [2.75, 3.05) is 5.32 Å². The summed E-state index contributed by atoms with van der Waals surface area (Å²) in [7, 11) is 0. The number of nitrogens with one attached hydrogen (secondary N) is 2. The number of nitrogens with zero attached hydrogens (tertiary/aromatic N) is 5. The van der Waals surface area contributed by atoms with Crippen molar-refractivity contribution >= 4 is 62.8 Å². The van der Waals surface area contributed by atoms with Crippen LogP contribution in [0.1, 0.15) is 28.5 Å². The van der Waals surface area contributed by atoms with E-state index in [2.05, 4.69) is 25.3 Å². The Morgan fingerprint density at radius 3 is 2.39 bits per heavy atom. The molecule has 0 unspecified atom stereocenters. The first-order chi connectivity index (χ1) is 19.8. The van der Waals surface area contributed by atoms with Crippen molar-refractivity contribution in [1.29, 1.82) is 0 Å². The van der Waals surface area contributed by atoms with Crippen LogP contribution in [-0.2, 0) is 11.3 Å². The Balaban J connectivity index is 0.000000237. The standard InChI is InChI=1S/C21H16ClN7.C9H7ClO2/c1-12-5-4-8-15-17(12)29-18(13-6-2-3-7-14(13)22)16(28-15)9-23-20-19-21(25-10-24-19)27-11-26-20;1-6(11)9(12)7-4-2-3-5-8(7)10/h2-8,10-11H,9H2,1H3,(H2,23,24,25,26,27);2-5H,1H3. The number of hydrogen-bond donors (Lipinski definition) is 2. The molecule has 0 radical (unpaired) electrons. The zero-order valence-electron chi connectivity index (χ0n) is 22.0. The number of rotatable bonds is 6. The van der Waals surface area contributed by atoms with Gasteiger partial charge in [-0.15, -0.1) is 0 Å². The Morgan fingerprint density at radius 1 is 0.878 bits per heavy atom. The highest BCUT2D eigenvalue weighted by atomic mass is 35.5. The molecule has 0 aliphatic heterocycles. The Morgan fingerprint density at radius 2 is 1.63 bits per heavy atom. The van der Waals surface area contributed by atoms with E-state index in [1.54, 1.807) is 24.5 Å². The van der Waals surface area contributed by atoms with Gasteiger partial charge in [-0.25, -0.2) is 24.9 Å². The van der Waals surface area contributed by atoms with E-state index in [4.69, 9.17) is 33.2 Å². The molecule has 3 heterocycles. The highest BCUT2D eigenvalue weighted by Crippen LogP contribution is 2.31. The van der Waals surface area contributed by atoms with Crippen molar-refractivity contribution in [3.63, 3.8) is 0 Å². The third kappa shape index (κ3) is 6.06. The molecule has 204 valence electrons. The Labute approximate surface area is 245 Å². The number of ketones is 2. The first-order valence-electron chi connectivity index (χ1n) is 12.5. The van der Waals surface area contributed by atoms with Gasteiger partial charge in [0.15, 0.2) is 17.2 Å². The maximum absolute atomic E-state index is 11.1. The molecular weight excluding hydrogens is 561 g/mol. The fourth-order valence-electron chi connectivity index (χ4n) is 4.15. The van der Waals surface area contributed by atoms with E-state index < -0.39 is 11.6 Å². The van der Waals surface area contributed by atoms with Gasteiger partial charge >= 0.3 is 0 Å². The highest BCUT2D eigenvalue weighted by molar-refractivity contribution is 6.47. The van der Waals surface area contributed by atoms with Gasteiger partial charge in [-0.05, 0) is 36.8 Å². The lowest BCUT2D eigenvalue weighted by Gasteiger charge is -2.13. The number of fused-ring (bicyclic) bond motifs is 2. The topological polar surface area (TPSA) is 126 Å². The molecule has 0 saturated heterocycles. The summed E-state index contributed by atoms with van der Waals surface area (Å²) in [6.45, 7) is 3.68. The van der Waals surface area contributed by atoms with E-state index in [0.29, 0.717) is 28.1 Å². The number of carbonyl (C=O) groups excluding carboxylic acids is 2. The summed E-state index contributed by atoms with van der Waals surface area (Å²) in [5.74, 6) is -0.382. The lowest BCUT2D eigenvalue weighted by molar-refractivity contribution is -0.113. The number of aryl methyl sites for hydroxylation is 1. The molecule has 0 aliphatic carbocycles. The minimum Gasteiger partial charge on any atom is -0.362 e. The minimum absolute atomic E-state index is 0.270. The Kier molecular flexibility index (Phi) is 8.28. The van der Waals surface area contributed by atoms with Gasteiger partial charge in [0, 0.05) is 18.1 Å². The maximum atomic E-state index is 11.1. The van der Waals surface area contributed by atoms with Gasteiger partial charge in [0.1, 0.15) is 11.8 Å². The van der Waals surface area contributed by atoms with Crippen LogP contribution in [0.15, 0.2) is 79.4 Å². The summed E-state index contributed by atoms with van der Waals surface area (Å²) >= 11 is 12.2. The number of aromatic nitrogens is 6. The summed E-state index contributed by atoms with van der Waals surface area (Å²) in [5, 5.41) is 4.28. The number of anilines is 1. The van der Waals surface area contributed by atoms with Crippen LogP contribution in [0.25, 0.3) is 33.5 Å². The molecule has 11 heteroatoms. The minimum atomic E-state index is -0.541. The van der Waals surface area contributed by atoms with Gasteiger partial charge in [-0.1, -0.05) is 65.7 Å². The average molecular weight is 584 g/mol. The van der Waals surface area contributed by atoms with E-state index in [1.165, 1.54) is 19.3 Å². The van der Waals surface area contributed by atoms with Crippen molar-refractivity contribution in [2.45, 2.75) is 20.4 Å². The predicted molar refractivity (Wildman–Crippen MR) is 160 cm³/mol. The number of aromatic amines is 1. The highest BCUT2D eigenvalue weighted by Gasteiger charge is 2.16. The summed E-state index contributed by atoms with van der Waals surface area (Å²) in [5.41, 5.74) is 6.77. The van der Waals surface area contributed by atoms with Crippen molar-refractivity contribution in [3.05, 3.63) is 106 Å². The third-order valence-corrected chi connectivity index (χ3v) is 6.84. The SMILES string of the molecule is CC(=O)C(=O)c1ccccc1Cl.Cc1cccc2nc(CNc3ncnc4nc[nH]c34)c(-c3ccccc3Cl)nc12. The molecule has 0 amide bonds. The van der Waals surface area contributed by atoms with Crippen LogP contribution in [0.5, 0.6) is 0 Å². The first kappa shape index (κ1) is 27.8. The fourth-order valence-corrected chi connectivity index (χ4v) is 4.59. The van der Waals surface area contributed by atoms with Gasteiger partial charge in [0.2, 0.25) is 5.78 Å². The van der Waals surface area contributed by atoms with Gasteiger partial charge in [0.25, 0.3) is 0 Å². The number of carbonyl (C=O) groups is 2. The summed E-state index contributed by atoms with van der Waals surface area (Å²) in [4.78, 5) is 47.3. The second kappa shape index (κ2) is 12.2. The summed E-state index contributed by atoms with van der Waals surface area (Å²) in [6.07, 6.45) is 3.08. The molecule has 0 spiro atoms. The van der Waals surface area contributed by atoms with E-state index in [1.807, 2.05) is 49.4 Å². The number of imidazole rings is 1. The molecule has 6 aromatic rings. The van der Waals surface area contributed by atoms with Crippen LogP contribution in [0.4, 0.5) is 5.82 Å². The molecular formula is C30H23Cl2N7O2. The second-order valence-corrected chi connectivity index (χ2v) is 9.80. The number of halogens is 2. The van der Waals surface area contributed by atoms with Gasteiger partial charge < -0.3 is 10.3 Å². The summed E-state index contributed by atoms with van der Waals surface area (Å²) in [6, 6.07) is 20.1. The number of Topliss-reactive ketones (excluding diaryl/α,β-unsaturated/α-hetero) is 2. The molecule has 9 nitrogen and oxygen atoms in total. The largest absolute Gasteiger partial charge is 0.362 e. The van der Waals surface area contributed by atoms with Crippen molar-refractivity contribution < 1.29 is 9.59 Å². The average Bonchev–Trinajstić information content (AvgIpc) is 3.46. The normalized spacial score (nSPS) is 10.7. The number of H-pyrrole nitrogens is 1. The van der Waals surface area contributed by atoms with E-state index in [9.17, 15) is 9.59 Å². The molecule has 2 N–H and O–H groups in total. The first-order valence-corrected chi connectivity index (χ1v) is 13.3. The van der Waals surface area contributed by atoms with Gasteiger partial charge in [0.05, 0.1) is 45.3 Å². The van der Waals surface area contributed by atoms with Crippen LogP contribution in [0.3, 0.4) is 0 Å². The lowest BCUT2D eigenvalue weighted by atomic mass is 10.1. The number of benzene rings is 3. The molecule has 3 aromatic carbocycles. The lowest BCUT2D eigenvalue weighted by Crippen LogP contribution is -2.09. The predicted octanol–water partition coefficient (Wildman–Crippen LogP) is 6.65. The van der Waals surface area contributed by atoms with Crippen LogP contribution in [0, 0.1) is 6.92 Å². The van der Waals surface area contributed by atoms with Gasteiger partial charge in [-0.2, -0.15) is 0 Å².